The Morgan fingerprint density at radius 3 is 2.80 bits per heavy atom. The highest BCUT2D eigenvalue weighted by atomic mass is 35.5. The Kier molecular flexibility index (Phi) is 7.35. The Balaban J connectivity index is 1.53. The first kappa shape index (κ1) is 18.9. The summed E-state index contributed by atoms with van der Waals surface area (Å²) in [6, 6.07) is 6.70. The summed E-state index contributed by atoms with van der Waals surface area (Å²) in [5.41, 5.74) is 4.46. The zero-order valence-corrected chi connectivity index (χ0v) is 16.3. The van der Waals surface area contributed by atoms with E-state index in [4.69, 9.17) is 11.6 Å². The second-order valence-corrected chi connectivity index (χ2v) is 7.84. The van der Waals surface area contributed by atoms with Gasteiger partial charge in [-0.15, -0.1) is 11.6 Å². The van der Waals surface area contributed by atoms with E-state index in [1.54, 1.807) is 0 Å². The molecule has 1 N–H and O–H groups in total. The van der Waals surface area contributed by atoms with Crippen molar-refractivity contribution >= 4 is 11.6 Å². The van der Waals surface area contributed by atoms with Crippen molar-refractivity contribution in [1.29, 1.82) is 0 Å². The summed E-state index contributed by atoms with van der Waals surface area (Å²) in [5, 5.41) is 3.37. The van der Waals surface area contributed by atoms with Crippen molar-refractivity contribution in [2.75, 3.05) is 39.4 Å². The predicted octanol–water partition coefficient (Wildman–Crippen LogP) is 3.55. The molecule has 3 rings (SSSR count). The molecule has 0 radical (unpaired) electrons. The number of hydrogen-bond donors (Lipinski definition) is 1. The van der Waals surface area contributed by atoms with E-state index in [0.717, 1.165) is 52.1 Å². The van der Waals surface area contributed by atoms with Crippen LogP contribution in [-0.2, 0) is 12.8 Å². The first-order valence-electron chi connectivity index (χ1n) is 9.77. The van der Waals surface area contributed by atoms with Gasteiger partial charge in [0.05, 0.1) is 5.50 Å². The predicted molar refractivity (Wildman–Crippen MR) is 107 cm³/mol. The van der Waals surface area contributed by atoms with Crippen molar-refractivity contribution in [3.8, 4) is 0 Å². The molecule has 3 nitrogen and oxygen atoms in total. The van der Waals surface area contributed by atoms with Crippen LogP contribution in [0.3, 0.4) is 0 Å². The number of aryl methyl sites for hydroxylation is 2. The van der Waals surface area contributed by atoms with Crippen LogP contribution in [0.25, 0.3) is 0 Å². The van der Waals surface area contributed by atoms with Gasteiger partial charge in [-0.25, -0.2) is 0 Å². The van der Waals surface area contributed by atoms with Gasteiger partial charge in [0.1, 0.15) is 0 Å². The maximum atomic E-state index is 6.72. The lowest BCUT2D eigenvalue weighted by Gasteiger charge is -2.23. The van der Waals surface area contributed by atoms with Gasteiger partial charge in [0, 0.05) is 32.7 Å². The molecule has 138 valence electrons. The van der Waals surface area contributed by atoms with Crippen LogP contribution in [0.5, 0.6) is 0 Å². The van der Waals surface area contributed by atoms with Crippen LogP contribution in [0.1, 0.15) is 36.0 Å². The molecule has 0 spiro atoms. The lowest BCUT2D eigenvalue weighted by molar-refractivity contribution is 0.309. The highest BCUT2D eigenvalue weighted by Crippen LogP contribution is 2.23. The molecule has 0 aliphatic carbocycles. The zero-order chi connectivity index (χ0) is 17.5. The summed E-state index contributed by atoms with van der Waals surface area (Å²) >= 11 is 6.72. The zero-order valence-electron chi connectivity index (χ0n) is 15.5. The molecule has 2 fully saturated rings. The number of benzene rings is 1. The second kappa shape index (κ2) is 9.72. The van der Waals surface area contributed by atoms with Crippen LogP contribution in [0.15, 0.2) is 30.4 Å². The van der Waals surface area contributed by atoms with E-state index >= 15 is 0 Å². The van der Waals surface area contributed by atoms with E-state index in [0.29, 0.717) is 0 Å². The molecular weight excluding hydrogens is 330 g/mol. The number of nitrogens with zero attached hydrogens (tertiary/aromatic N) is 2. The Morgan fingerprint density at radius 2 is 2.04 bits per heavy atom. The summed E-state index contributed by atoms with van der Waals surface area (Å²) in [5.74, 6) is 0. The van der Waals surface area contributed by atoms with Gasteiger partial charge in [-0.1, -0.05) is 30.4 Å². The molecule has 1 unspecified atom stereocenters. The first-order valence-corrected chi connectivity index (χ1v) is 10.2. The highest BCUT2D eigenvalue weighted by molar-refractivity contribution is 6.20. The van der Waals surface area contributed by atoms with Gasteiger partial charge in [0.2, 0.25) is 0 Å². The maximum absolute atomic E-state index is 6.72. The number of likely N-dealkylation sites (tertiary alicyclic amines) is 1. The fourth-order valence-corrected chi connectivity index (χ4v) is 4.25. The Labute approximate surface area is 158 Å². The number of nitrogens with one attached hydrogen (secondary N) is 1. The number of halogens is 1. The smallest absolute Gasteiger partial charge is 0.0891 e. The molecule has 25 heavy (non-hydrogen) atoms. The maximum Gasteiger partial charge on any atom is 0.0891 e. The van der Waals surface area contributed by atoms with E-state index in [1.807, 2.05) is 0 Å². The molecule has 4 heteroatoms. The summed E-state index contributed by atoms with van der Waals surface area (Å²) < 4.78 is 0. The normalized spacial score (nSPS) is 20.7. The molecule has 0 bridgehead atoms. The lowest BCUT2D eigenvalue weighted by atomic mass is 9.95. The van der Waals surface area contributed by atoms with Crippen molar-refractivity contribution in [3.63, 3.8) is 0 Å². The topological polar surface area (TPSA) is 18.5 Å². The van der Waals surface area contributed by atoms with Crippen LogP contribution >= 0.6 is 11.6 Å². The van der Waals surface area contributed by atoms with Crippen molar-refractivity contribution in [1.82, 2.24) is 15.1 Å². The number of allylic oxidation sites excluding steroid dienone is 1. The first-order chi connectivity index (χ1) is 12.2. The van der Waals surface area contributed by atoms with E-state index in [-0.39, 0.29) is 5.50 Å². The summed E-state index contributed by atoms with van der Waals surface area (Å²) in [7, 11) is 0. The van der Waals surface area contributed by atoms with E-state index in [9.17, 15) is 0 Å². The standard InChI is InChI=1S/C21H32ClN3/c1-18-8-7-10-19(9-3-2-4-12-24-15-11-23-17-24)20(18)16-21(22)25-13-5-6-14-25/h2,4,7-8,10,21,23H,3,5-6,9,11-17H2,1H3/b4-2-. The van der Waals surface area contributed by atoms with Crippen LogP contribution in [-0.4, -0.2) is 54.7 Å². The minimum atomic E-state index is 0.139. The molecule has 2 heterocycles. The third-order valence-corrected chi connectivity index (χ3v) is 5.90. The molecule has 0 aromatic heterocycles. The van der Waals surface area contributed by atoms with Gasteiger partial charge in [-0.05, 0) is 62.4 Å². The van der Waals surface area contributed by atoms with Gasteiger partial charge in [-0.3, -0.25) is 9.80 Å². The summed E-state index contributed by atoms with van der Waals surface area (Å²) in [6.07, 6.45) is 10.4. The van der Waals surface area contributed by atoms with Gasteiger partial charge < -0.3 is 5.32 Å². The van der Waals surface area contributed by atoms with Crippen LogP contribution in [0.4, 0.5) is 0 Å². The molecule has 0 amide bonds. The van der Waals surface area contributed by atoms with Crippen molar-refractivity contribution in [2.45, 2.75) is 44.5 Å². The van der Waals surface area contributed by atoms with Crippen LogP contribution < -0.4 is 5.32 Å². The van der Waals surface area contributed by atoms with E-state index < -0.39 is 0 Å². The molecule has 0 saturated carbocycles. The van der Waals surface area contributed by atoms with Crippen molar-refractivity contribution in [2.24, 2.45) is 0 Å². The van der Waals surface area contributed by atoms with Gasteiger partial charge in [0.15, 0.2) is 0 Å². The second-order valence-electron chi connectivity index (χ2n) is 7.34. The SMILES string of the molecule is Cc1cccc(CC/C=C\CN2CCNC2)c1CC(Cl)N1CCCC1. The summed E-state index contributed by atoms with van der Waals surface area (Å²) in [4.78, 5) is 4.87. The van der Waals surface area contributed by atoms with Gasteiger partial charge in [-0.2, -0.15) is 0 Å². The quantitative estimate of drug-likeness (QED) is 0.434. The number of hydrogen-bond acceptors (Lipinski definition) is 3. The fourth-order valence-electron chi connectivity index (χ4n) is 3.90. The fraction of sp³-hybridized carbons (Fsp3) is 0.619. The largest absolute Gasteiger partial charge is 0.303 e. The van der Waals surface area contributed by atoms with Crippen LogP contribution in [0, 0.1) is 6.92 Å². The number of alkyl halides is 1. The summed E-state index contributed by atoms with van der Waals surface area (Å²) in [6.45, 7) is 8.92. The Hall–Kier alpha value is -0.870. The molecule has 1 aromatic carbocycles. The van der Waals surface area contributed by atoms with E-state index in [2.05, 4.69) is 52.4 Å². The highest BCUT2D eigenvalue weighted by Gasteiger charge is 2.21. The molecule has 2 saturated heterocycles. The Morgan fingerprint density at radius 1 is 1.20 bits per heavy atom. The average Bonchev–Trinajstić information content (AvgIpc) is 3.30. The third-order valence-electron chi connectivity index (χ3n) is 5.47. The van der Waals surface area contributed by atoms with Gasteiger partial charge in [0.25, 0.3) is 0 Å². The Bertz CT molecular complexity index is 560. The molecule has 1 aromatic rings. The minimum Gasteiger partial charge on any atom is -0.303 e. The molecule has 2 aliphatic heterocycles. The molecule has 1 atom stereocenters. The van der Waals surface area contributed by atoms with Gasteiger partial charge >= 0.3 is 0 Å². The molecule has 2 aliphatic rings. The van der Waals surface area contributed by atoms with E-state index in [1.165, 1.54) is 36.1 Å². The minimum absolute atomic E-state index is 0.139. The van der Waals surface area contributed by atoms with Crippen molar-refractivity contribution in [3.05, 3.63) is 47.0 Å². The number of rotatable bonds is 8. The lowest BCUT2D eigenvalue weighted by Crippen LogP contribution is -2.30. The monoisotopic (exact) mass is 361 g/mol. The third kappa shape index (κ3) is 5.55. The van der Waals surface area contributed by atoms with Crippen LogP contribution in [0.2, 0.25) is 0 Å². The molecular formula is C21H32ClN3. The van der Waals surface area contributed by atoms with Crippen molar-refractivity contribution < 1.29 is 0 Å². The average molecular weight is 362 g/mol.